The number of halogens is 2. The molecular weight excluding hydrogens is 286 g/mol. The molecule has 0 aliphatic carbocycles. The predicted molar refractivity (Wildman–Crippen MR) is 71.8 cm³/mol. The molecule has 0 radical (unpaired) electrons. The first-order valence-electron chi connectivity index (χ1n) is 6.17. The van der Waals surface area contributed by atoms with E-state index in [0.717, 1.165) is 0 Å². The standard InChI is InChI=1S/C13H14F2N2O2S/c14-13(15)20-10-4-2-1-3-9(10)12(19)17-8-5-6-11(18)16-7-8/h1-4,8,13H,5-7H2,(H,16,18)(H,17,19). The van der Waals surface area contributed by atoms with Gasteiger partial charge in [0.05, 0.1) is 5.56 Å². The summed E-state index contributed by atoms with van der Waals surface area (Å²) in [7, 11) is 0. The van der Waals surface area contributed by atoms with Gasteiger partial charge in [-0.1, -0.05) is 23.9 Å². The van der Waals surface area contributed by atoms with Crippen LogP contribution in [0, 0.1) is 0 Å². The second kappa shape index (κ2) is 6.69. The Bertz CT molecular complexity index is 501. The number of hydrogen-bond donors (Lipinski definition) is 2. The van der Waals surface area contributed by atoms with Crippen LogP contribution in [0.3, 0.4) is 0 Å². The van der Waals surface area contributed by atoms with E-state index in [9.17, 15) is 18.4 Å². The van der Waals surface area contributed by atoms with Gasteiger partial charge in [0.1, 0.15) is 0 Å². The number of piperidine rings is 1. The largest absolute Gasteiger partial charge is 0.354 e. The fourth-order valence-electron chi connectivity index (χ4n) is 1.97. The van der Waals surface area contributed by atoms with E-state index in [1.54, 1.807) is 12.1 Å². The molecule has 108 valence electrons. The normalized spacial score (nSPS) is 18.8. The molecule has 1 saturated heterocycles. The SMILES string of the molecule is O=C1CCC(NC(=O)c2ccccc2SC(F)F)CN1. The van der Waals surface area contributed by atoms with Crippen molar-refractivity contribution in [3.05, 3.63) is 29.8 Å². The van der Waals surface area contributed by atoms with Crippen molar-refractivity contribution in [1.82, 2.24) is 10.6 Å². The number of hydrogen-bond acceptors (Lipinski definition) is 3. The van der Waals surface area contributed by atoms with Gasteiger partial charge in [0.2, 0.25) is 5.91 Å². The predicted octanol–water partition coefficient (Wildman–Crippen LogP) is 2.01. The summed E-state index contributed by atoms with van der Waals surface area (Å²) in [6, 6.07) is 6.09. The van der Waals surface area contributed by atoms with E-state index in [4.69, 9.17) is 0 Å². The molecular formula is C13H14F2N2O2S. The fourth-order valence-corrected chi connectivity index (χ4v) is 2.61. The van der Waals surface area contributed by atoms with Crippen molar-refractivity contribution < 1.29 is 18.4 Å². The molecule has 7 heteroatoms. The summed E-state index contributed by atoms with van der Waals surface area (Å²) >= 11 is 0.352. The molecule has 20 heavy (non-hydrogen) atoms. The first-order valence-corrected chi connectivity index (χ1v) is 7.05. The lowest BCUT2D eigenvalue weighted by atomic mass is 10.1. The first kappa shape index (κ1) is 14.8. The van der Waals surface area contributed by atoms with Crippen LogP contribution in [-0.4, -0.2) is 30.2 Å². The zero-order chi connectivity index (χ0) is 14.5. The van der Waals surface area contributed by atoms with Crippen molar-refractivity contribution in [3.63, 3.8) is 0 Å². The Hall–Kier alpha value is -1.63. The number of amides is 2. The average Bonchev–Trinajstić information content (AvgIpc) is 2.41. The molecule has 1 unspecified atom stereocenters. The van der Waals surface area contributed by atoms with E-state index in [1.807, 2.05) is 0 Å². The van der Waals surface area contributed by atoms with Crippen molar-refractivity contribution in [1.29, 1.82) is 0 Å². The molecule has 1 atom stereocenters. The highest BCUT2D eigenvalue weighted by molar-refractivity contribution is 7.99. The maximum atomic E-state index is 12.4. The van der Waals surface area contributed by atoms with E-state index in [1.165, 1.54) is 12.1 Å². The molecule has 0 saturated carbocycles. The second-order valence-electron chi connectivity index (χ2n) is 4.39. The molecule has 2 N–H and O–H groups in total. The smallest absolute Gasteiger partial charge is 0.288 e. The van der Waals surface area contributed by atoms with Crippen LogP contribution < -0.4 is 10.6 Å². The summed E-state index contributed by atoms with van der Waals surface area (Å²) in [4.78, 5) is 23.4. The van der Waals surface area contributed by atoms with Gasteiger partial charge in [-0.3, -0.25) is 9.59 Å². The zero-order valence-electron chi connectivity index (χ0n) is 10.6. The van der Waals surface area contributed by atoms with Gasteiger partial charge >= 0.3 is 0 Å². The third-order valence-electron chi connectivity index (χ3n) is 2.95. The Morgan fingerprint density at radius 3 is 2.80 bits per heavy atom. The highest BCUT2D eigenvalue weighted by Gasteiger charge is 2.22. The molecule has 1 fully saturated rings. The molecule has 0 spiro atoms. The van der Waals surface area contributed by atoms with Crippen LogP contribution in [0.25, 0.3) is 0 Å². The van der Waals surface area contributed by atoms with Gasteiger partial charge in [0, 0.05) is 23.9 Å². The zero-order valence-corrected chi connectivity index (χ0v) is 11.4. The number of alkyl halides is 2. The third-order valence-corrected chi connectivity index (χ3v) is 3.74. The fraction of sp³-hybridized carbons (Fsp3) is 0.385. The third kappa shape index (κ3) is 3.93. The Labute approximate surface area is 119 Å². The highest BCUT2D eigenvalue weighted by atomic mass is 32.2. The first-order chi connectivity index (χ1) is 9.56. The summed E-state index contributed by atoms with van der Waals surface area (Å²) in [5.41, 5.74) is 0.231. The lowest BCUT2D eigenvalue weighted by molar-refractivity contribution is -0.122. The number of benzene rings is 1. The summed E-state index contributed by atoms with van der Waals surface area (Å²) < 4.78 is 24.9. The molecule has 1 aromatic carbocycles. The highest BCUT2D eigenvalue weighted by Crippen LogP contribution is 2.28. The van der Waals surface area contributed by atoms with Gasteiger partial charge < -0.3 is 10.6 Å². The van der Waals surface area contributed by atoms with Crippen molar-refractivity contribution in [2.75, 3.05) is 6.54 Å². The minimum Gasteiger partial charge on any atom is -0.354 e. The summed E-state index contributed by atoms with van der Waals surface area (Å²) in [6.45, 7) is 0.370. The van der Waals surface area contributed by atoms with E-state index in [2.05, 4.69) is 10.6 Å². The van der Waals surface area contributed by atoms with Crippen LogP contribution in [0.5, 0.6) is 0 Å². The van der Waals surface area contributed by atoms with Gasteiger partial charge in [-0.25, -0.2) is 0 Å². The summed E-state index contributed by atoms with van der Waals surface area (Å²) in [5, 5.41) is 5.41. The van der Waals surface area contributed by atoms with Crippen LogP contribution in [0.15, 0.2) is 29.2 Å². The Morgan fingerprint density at radius 2 is 2.15 bits per heavy atom. The van der Waals surface area contributed by atoms with E-state index < -0.39 is 11.7 Å². The van der Waals surface area contributed by atoms with E-state index >= 15 is 0 Å². The van der Waals surface area contributed by atoms with Gasteiger partial charge in [-0.05, 0) is 18.6 Å². The number of carbonyl (C=O) groups excluding carboxylic acids is 2. The monoisotopic (exact) mass is 300 g/mol. The van der Waals surface area contributed by atoms with Crippen LogP contribution in [0.4, 0.5) is 8.78 Å². The Morgan fingerprint density at radius 1 is 1.40 bits per heavy atom. The van der Waals surface area contributed by atoms with Crippen LogP contribution in [0.1, 0.15) is 23.2 Å². The van der Waals surface area contributed by atoms with Gasteiger partial charge in [-0.2, -0.15) is 8.78 Å². The molecule has 2 amide bonds. The number of thioether (sulfide) groups is 1. The van der Waals surface area contributed by atoms with Crippen LogP contribution in [-0.2, 0) is 4.79 Å². The summed E-state index contributed by atoms with van der Waals surface area (Å²) in [5.74, 6) is -3.00. The van der Waals surface area contributed by atoms with Gasteiger partial charge in [0.25, 0.3) is 11.7 Å². The lowest BCUT2D eigenvalue weighted by Crippen LogP contribution is -2.47. The van der Waals surface area contributed by atoms with Gasteiger partial charge in [0.15, 0.2) is 0 Å². The average molecular weight is 300 g/mol. The molecule has 2 rings (SSSR count). The van der Waals surface area contributed by atoms with Crippen molar-refractivity contribution in [2.24, 2.45) is 0 Å². The molecule has 1 heterocycles. The van der Waals surface area contributed by atoms with Gasteiger partial charge in [-0.15, -0.1) is 0 Å². The Kier molecular flexibility index (Phi) is 4.94. The second-order valence-corrected chi connectivity index (χ2v) is 5.42. The number of nitrogens with one attached hydrogen (secondary N) is 2. The maximum absolute atomic E-state index is 12.4. The molecule has 1 aliphatic heterocycles. The molecule has 0 aromatic heterocycles. The molecule has 0 bridgehead atoms. The lowest BCUT2D eigenvalue weighted by Gasteiger charge is -2.23. The maximum Gasteiger partial charge on any atom is 0.288 e. The summed E-state index contributed by atoms with van der Waals surface area (Å²) in [6.07, 6.45) is 0.917. The molecule has 1 aliphatic rings. The number of rotatable bonds is 4. The van der Waals surface area contributed by atoms with Crippen LogP contribution in [0.2, 0.25) is 0 Å². The number of carbonyl (C=O) groups is 2. The minimum absolute atomic E-state index is 0.0378. The van der Waals surface area contributed by atoms with Crippen LogP contribution >= 0.6 is 11.8 Å². The topological polar surface area (TPSA) is 58.2 Å². The van der Waals surface area contributed by atoms with E-state index in [0.29, 0.717) is 31.1 Å². The molecule has 1 aromatic rings. The van der Waals surface area contributed by atoms with Crippen molar-refractivity contribution in [3.8, 4) is 0 Å². The van der Waals surface area contributed by atoms with E-state index in [-0.39, 0.29) is 22.4 Å². The Balaban J connectivity index is 2.03. The quantitative estimate of drug-likeness (QED) is 0.836. The minimum atomic E-state index is -2.57. The van der Waals surface area contributed by atoms with Crippen molar-refractivity contribution in [2.45, 2.75) is 29.5 Å². The van der Waals surface area contributed by atoms with Crippen molar-refractivity contribution >= 4 is 23.6 Å². The molecule has 4 nitrogen and oxygen atoms in total.